The second kappa shape index (κ2) is 12.0. The van der Waals surface area contributed by atoms with Crippen LogP contribution in [0.15, 0.2) is 0 Å². The molecule has 0 heterocycles. The van der Waals surface area contributed by atoms with Crippen molar-refractivity contribution in [3.05, 3.63) is 0 Å². The maximum Gasteiger partial charge on any atom is 0.0591 e. The van der Waals surface area contributed by atoms with E-state index in [1.54, 1.807) is 0 Å². The Balaban J connectivity index is 1.81. The fourth-order valence-corrected chi connectivity index (χ4v) is 11.0. The fourth-order valence-electron chi connectivity index (χ4n) is 11.0. The highest BCUT2D eigenvalue weighted by Crippen LogP contribution is 2.63. The van der Waals surface area contributed by atoms with E-state index in [0.29, 0.717) is 71.0 Å². The van der Waals surface area contributed by atoms with Crippen LogP contribution in [0.1, 0.15) is 113 Å². The van der Waals surface area contributed by atoms with Gasteiger partial charge in [0.2, 0.25) is 0 Å². The van der Waals surface area contributed by atoms with Crippen LogP contribution in [0.2, 0.25) is 0 Å². The number of hydrogen-bond acceptors (Lipinski definition) is 4. The molecular formula is C34H62O4. The Morgan fingerprint density at radius 1 is 0.395 bits per heavy atom. The molecule has 0 spiro atoms. The summed E-state index contributed by atoms with van der Waals surface area (Å²) in [5.74, 6) is 4.82. The first-order valence-electron chi connectivity index (χ1n) is 16.5. The van der Waals surface area contributed by atoms with E-state index in [1.165, 1.54) is 6.42 Å². The molecule has 4 aliphatic rings. The second-order valence-corrected chi connectivity index (χ2v) is 15.9. The Morgan fingerprint density at radius 2 is 0.605 bits per heavy atom. The molecule has 0 bridgehead atoms. The Labute approximate surface area is 234 Å². The van der Waals surface area contributed by atoms with Gasteiger partial charge in [0.05, 0.1) is 24.4 Å². The highest BCUT2D eigenvalue weighted by Gasteiger charge is 2.57. The summed E-state index contributed by atoms with van der Waals surface area (Å²) in [5, 5.41) is 43.9. The van der Waals surface area contributed by atoms with E-state index < -0.39 is 0 Å². The van der Waals surface area contributed by atoms with Crippen LogP contribution in [-0.2, 0) is 0 Å². The Bertz CT molecular complexity index is 648. The van der Waals surface area contributed by atoms with Crippen molar-refractivity contribution in [2.45, 2.75) is 138 Å². The van der Waals surface area contributed by atoms with E-state index in [9.17, 15) is 20.4 Å². The third kappa shape index (κ3) is 5.77. The van der Waals surface area contributed by atoms with E-state index >= 15 is 0 Å². The van der Waals surface area contributed by atoms with E-state index in [4.69, 9.17) is 0 Å². The molecule has 4 nitrogen and oxygen atoms in total. The molecule has 0 aliphatic heterocycles. The minimum Gasteiger partial charge on any atom is -0.393 e. The van der Waals surface area contributed by atoms with E-state index in [2.05, 4.69) is 55.4 Å². The first-order valence-corrected chi connectivity index (χ1v) is 16.5. The van der Waals surface area contributed by atoms with Crippen molar-refractivity contribution in [3.63, 3.8) is 0 Å². The second-order valence-electron chi connectivity index (χ2n) is 15.9. The van der Waals surface area contributed by atoms with Gasteiger partial charge in [-0.05, 0) is 134 Å². The van der Waals surface area contributed by atoms with Gasteiger partial charge in [-0.25, -0.2) is 0 Å². The third-order valence-electron chi connectivity index (χ3n) is 12.9. The van der Waals surface area contributed by atoms with Gasteiger partial charge in [0.1, 0.15) is 0 Å². The Morgan fingerprint density at radius 3 is 0.842 bits per heavy atom. The summed E-state index contributed by atoms with van der Waals surface area (Å²) < 4.78 is 0. The molecule has 4 N–H and O–H groups in total. The van der Waals surface area contributed by atoms with E-state index in [-0.39, 0.29) is 29.8 Å². The predicted octanol–water partition coefficient (Wildman–Crippen LogP) is 6.54. The summed E-state index contributed by atoms with van der Waals surface area (Å²) in [7, 11) is 0. The van der Waals surface area contributed by atoms with Crippen molar-refractivity contribution in [2.24, 2.45) is 76.4 Å². The first-order chi connectivity index (χ1) is 17.8. The van der Waals surface area contributed by atoms with Crippen LogP contribution < -0.4 is 0 Å². The van der Waals surface area contributed by atoms with Gasteiger partial charge in [0, 0.05) is 0 Å². The molecule has 4 heteroatoms. The molecule has 222 valence electrons. The minimum absolute atomic E-state index is 0.153. The lowest BCUT2D eigenvalue weighted by Gasteiger charge is -2.61. The average Bonchev–Trinajstić information content (AvgIpc) is 2.85. The molecule has 0 aromatic rings. The van der Waals surface area contributed by atoms with Crippen LogP contribution in [-0.4, -0.2) is 44.8 Å². The first kappa shape index (κ1) is 30.8. The van der Waals surface area contributed by atoms with Crippen LogP contribution in [0.3, 0.4) is 0 Å². The molecule has 4 aliphatic carbocycles. The van der Waals surface area contributed by atoms with E-state index in [0.717, 1.165) is 51.4 Å². The Kier molecular flexibility index (Phi) is 9.71. The van der Waals surface area contributed by atoms with Crippen LogP contribution in [0, 0.1) is 76.4 Å². The lowest BCUT2D eigenvalue weighted by atomic mass is 9.45. The van der Waals surface area contributed by atoms with Crippen molar-refractivity contribution in [1.82, 2.24) is 0 Å². The SMILES string of the molecule is CC1CC(CC(C2CC(C)C(O)C(C)C2)(C2CC(C)C(O)C(C)C2)C2CC(C)C(O)C(C)C2)CC(C)C1O. The van der Waals surface area contributed by atoms with Crippen molar-refractivity contribution >= 4 is 0 Å². The maximum absolute atomic E-state index is 11.0. The lowest BCUT2D eigenvalue weighted by Crippen LogP contribution is -2.55. The van der Waals surface area contributed by atoms with Gasteiger partial charge in [-0.2, -0.15) is 0 Å². The molecule has 0 aromatic carbocycles. The zero-order valence-electron chi connectivity index (χ0n) is 25.9. The molecule has 4 rings (SSSR count). The molecule has 0 aromatic heterocycles. The Hall–Kier alpha value is -0.160. The quantitative estimate of drug-likeness (QED) is 0.323. The number of rotatable bonds is 5. The van der Waals surface area contributed by atoms with Gasteiger partial charge in [-0.1, -0.05) is 55.4 Å². The highest BCUT2D eigenvalue weighted by atomic mass is 16.3. The van der Waals surface area contributed by atoms with Gasteiger partial charge >= 0.3 is 0 Å². The normalized spacial score (nSPS) is 54.3. The van der Waals surface area contributed by atoms with Crippen molar-refractivity contribution in [2.75, 3.05) is 0 Å². The van der Waals surface area contributed by atoms with Crippen LogP contribution in [0.4, 0.5) is 0 Å². The molecule has 4 saturated carbocycles. The van der Waals surface area contributed by atoms with Crippen LogP contribution in [0.25, 0.3) is 0 Å². The zero-order chi connectivity index (χ0) is 28.1. The molecule has 8 unspecified atom stereocenters. The number of hydrogen-bond donors (Lipinski definition) is 4. The summed E-state index contributed by atoms with van der Waals surface area (Å²) in [5.41, 5.74) is 0.153. The number of aliphatic hydroxyl groups excluding tert-OH is 4. The summed E-state index contributed by atoms with van der Waals surface area (Å²) in [6.45, 7) is 18.1. The molecule has 0 radical (unpaired) electrons. The molecular weight excluding hydrogens is 472 g/mol. The summed E-state index contributed by atoms with van der Waals surface area (Å²) in [4.78, 5) is 0. The van der Waals surface area contributed by atoms with Gasteiger partial charge in [0.25, 0.3) is 0 Å². The van der Waals surface area contributed by atoms with Crippen LogP contribution in [0.5, 0.6) is 0 Å². The predicted molar refractivity (Wildman–Crippen MR) is 155 cm³/mol. The smallest absolute Gasteiger partial charge is 0.0591 e. The molecule has 8 atom stereocenters. The van der Waals surface area contributed by atoms with Gasteiger partial charge < -0.3 is 20.4 Å². The van der Waals surface area contributed by atoms with Gasteiger partial charge in [0.15, 0.2) is 0 Å². The molecule has 0 saturated heterocycles. The number of aliphatic hydroxyl groups is 4. The average molecular weight is 535 g/mol. The summed E-state index contributed by atoms with van der Waals surface area (Å²) in [6, 6.07) is 0. The van der Waals surface area contributed by atoms with E-state index in [1.807, 2.05) is 0 Å². The molecule has 4 fully saturated rings. The maximum atomic E-state index is 11.0. The van der Waals surface area contributed by atoms with Crippen molar-refractivity contribution < 1.29 is 20.4 Å². The minimum atomic E-state index is -0.217. The van der Waals surface area contributed by atoms with Crippen molar-refractivity contribution in [3.8, 4) is 0 Å². The van der Waals surface area contributed by atoms with Crippen molar-refractivity contribution in [1.29, 1.82) is 0 Å². The lowest BCUT2D eigenvalue weighted by molar-refractivity contribution is -0.148. The third-order valence-corrected chi connectivity index (χ3v) is 12.9. The summed E-state index contributed by atoms with van der Waals surface area (Å²) in [6.07, 6.45) is 9.14. The van der Waals surface area contributed by atoms with Crippen LogP contribution >= 0.6 is 0 Å². The van der Waals surface area contributed by atoms with Gasteiger partial charge in [-0.3, -0.25) is 0 Å². The molecule has 0 amide bonds. The summed E-state index contributed by atoms with van der Waals surface area (Å²) >= 11 is 0. The molecule has 38 heavy (non-hydrogen) atoms. The van der Waals surface area contributed by atoms with Gasteiger partial charge in [-0.15, -0.1) is 0 Å². The largest absolute Gasteiger partial charge is 0.393 e. The highest BCUT2D eigenvalue weighted by molar-refractivity contribution is 5.06. The monoisotopic (exact) mass is 534 g/mol. The zero-order valence-corrected chi connectivity index (χ0v) is 25.9. The fraction of sp³-hybridized carbons (Fsp3) is 1.00. The topological polar surface area (TPSA) is 80.9 Å². The standard InChI is InChI=1S/C34H62O4/c1-18-9-26(10-19(2)30(18)35)17-34(27-11-20(3)31(36)21(4)12-27,28-13-22(5)32(37)23(6)14-28)29-15-24(7)33(38)25(8)16-29/h18-33,35-38H,9-17H2,1-8H3.